The van der Waals surface area contributed by atoms with Gasteiger partial charge in [0, 0.05) is 23.9 Å². The lowest BCUT2D eigenvalue weighted by Crippen LogP contribution is -2.32. The topological polar surface area (TPSA) is 72.2 Å². The Bertz CT molecular complexity index is 754. The van der Waals surface area contributed by atoms with E-state index in [1.807, 2.05) is 13.8 Å². The first-order valence-corrected chi connectivity index (χ1v) is 7.72. The number of rotatable bonds is 5. The highest BCUT2D eigenvalue weighted by Crippen LogP contribution is 2.27. The highest BCUT2D eigenvalue weighted by Gasteiger charge is 2.36. The smallest absolute Gasteiger partial charge is 0.354 e. The highest BCUT2D eigenvalue weighted by atomic mass is 19.4. The summed E-state index contributed by atoms with van der Waals surface area (Å²) in [5, 5.41) is 6.35. The molecule has 0 aliphatic carbocycles. The van der Waals surface area contributed by atoms with Crippen molar-refractivity contribution in [2.45, 2.75) is 59.2 Å². The number of nitrogens with zero attached hydrogens (tertiary/aromatic N) is 4. The zero-order valence-corrected chi connectivity index (χ0v) is 14.0. The van der Waals surface area contributed by atoms with Crippen LogP contribution in [-0.4, -0.2) is 31.5 Å². The molecule has 0 radical (unpaired) electrons. The van der Waals surface area contributed by atoms with Gasteiger partial charge in [-0.2, -0.15) is 18.2 Å². The molecule has 0 saturated carbocycles. The molecule has 1 amide bonds. The first-order valence-electron chi connectivity index (χ1n) is 7.72. The van der Waals surface area contributed by atoms with E-state index in [1.165, 1.54) is 0 Å². The number of carbonyl (C=O) groups excluding carboxylic acids is 1. The van der Waals surface area contributed by atoms with E-state index in [9.17, 15) is 18.0 Å². The molecule has 2 aromatic rings. The summed E-state index contributed by atoms with van der Waals surface area (Å²) in [7, 11) is 0. The van der Waals surface area contributed by atoms with Gasteiger partial charge in [0.15, 0.2) is 0 Å². The van der Waals surface area contributed by atoms with Crippen molar-refractivity contribution >= 4 is 11.7 Å². The number of alkyl halides is 3. The van der Waals surface area contributed by atoms with E-state index in [-0.39, 0.29) is 24.1 Å². The van der Waals surface area contributed by atoms with Gasteiger partial charge in [-0.3, -0.25) is 4.79 Å². The van der Waals surface area contributed by atoms with Crippen LogP contribution in [0.1, 0.15) is 49.5 Å². The molecule has 0 aliphatic heterocycles. The van der Waals surface area contributed by atoms with Gasteiger partial charge in [-0.25, -0.2) is 9.50 Å². The van der Waals surface area contributed by atoms with E-state index >= 15 is 0 Å². The molecule has 6 nitrogen and oxygen atoms in total. The van der Waals surface area contributed by atoms with Crippen LogP contribution in [0.25, 0.3) is 5.78 Å². The summed E-state index contributed by atoms with van der Waals surface area (Å²) in [5.74, 6) is -1.41. The molecule has 2 rings (SSSR count). The monoisotopic (exact) mass is 343 g/mol. The third-order valence-electron chi connectivity index (χ3n) is 3.92. The molecule has 9 heteroatoms. The van der Waals surface area contributed by atoms with Crippen molar-refractivity contribution < 1.29 is 18.0 Å². The van der Waals surface area contributed by atoms with Crippen LogP contribution in [0.15, 0.2) is 0 Å². The number of nitrogens with one attached hydrogen (secondary N) is 1. The van der Waals surface area contributed by atoms with Crippen LogP contribution >= 0.6 is 0 Å². The summed E-state index contributed by atoms with van der Waals surface area (Å²) in [6.45, 7) is 7.23. The normalized spacial score (nSPS) is 13.3. The molecule has 0 unspecified atom stereocenters. The molecule has 132 valence electrons. The van der Waals surface area contributed by atoms with Crippen molar-refractivity contribution in [3.05, 3.63) is 22.8 Å². The molecule has 1 N–H and O–H groups in total. The van der Waals surface area contributed by atoms with Crippen LogP contribution in [-0.2, 0) is 17.4 Å². The zero-order chi connectivity index (χ0) is 18.1. The van der Waals surface area contributed by atoms with Crippen LogP contribution < -0.4 is 5.32 Å². The standard InChI is InChI=1S/C15H20F3N5O/c1-5-8(2)19-12(24)7-6-11-9(3)20-14-21-13(15(16,17)18)22-23(14)10(11)4/h8H,5-7H2,1-4H3,(H,19,24)/t8-/m1/s1. The van der Waals surface area contributed by atoms with Crippen LogP contribution in [0.4, 0.5) is 13.2 Å². The van der Waals surface area contributed by atoms with Gasteiger partial charge < -0.3 is 5.32 Å². The lowest BCUT2D eigenvalue weighted by molar-refractivity contribution is -0.144. The van der Waals surface area contributed by atoms with Gasteiger partial charge in [0.25, 0.3) is 11.6 Å². The molecule has 2 aromatic heterocycles. The molecule has 0 bridgehead atoms. The van der Waals surface area contributed by atoms with Gasteiger partial charge in [-0.15, -0.1) is 5.10 Å². The summed E-state index contributed by atoms with van der Waals surface area (Å²) in [6, 6.07) is 0.0879. The minimum atomic E-state index is -4.62. The predicted octanol–water partition coefficient (Wildman–Crippen LogP) is 2.61. The lowest BCUT2D eigenvalue weighted by Gasteiger charge is -2.13. The van der Waals surface area contributed by atoms with E-state index in [1.54, 1.807) is 13.8 Å². The van der Waals surface area contributed by atoms with Crippen LogP contribution in [0.5, 0.6) is 0 Å². The average Bonchev–Trinajstić information content (AvgIpc) is 2.91. The minimum Gasteiger partial charge on any atom is -0.354 e. The number of hydrogen-bond acceptors (Lipinski definition) is 4. The van der Waals surface area contributed by atoms with Crippen molar-refractivity contribution in [2.24, 2.45) is 0 Å². The van der Waals surface area contributed by atoms with Gasteiger partial charge in [0.05, 0.1) is 0 Å². The van der Waals surface area contributed by atoms with E-state index in [4.69, 9.17) is 0 Å². The molecular formula is C15H20F3N5O. The number of carbonyl (C=O) groups is 1. The fourth-order valence-electron chi connectivity index (χ4n) is 2.38. The molecule has 2 heterocycles. The number of amides is 1. The molecule has 24 heavy (non-hydrogen) atoms. The lowest BCUT2D eigenvalue weighted by atomic mass is 10.1. The Hall–Kier alpha value is -2.19. The van der Waals surface area contributed by atoms with Crippen molar-refractivity contribution in [3.8, 4) is 0 Å². The number of fused-ring (bicyclic) bond motifs is 1. The SMILES string of the molecule is CC[C@@H](C)NC(=O)CCc1c(C)nc2nc(C(F)(F)F)nn2c1C. The fourth-order valence-corrected chi connectivity index (χ4v) is 2.38. The Kier molecular flexibility index (Phi) is 5.10. The Morgan fingerprint density at radius 1 is 1.29 bits per heavy atom. The minimum absolute atomic E-state index is 0.0879. The van der Waals surface area contributed by atoms with Gasteiger partial charge in [-0.1, -0.05) is 6.92 Å². The van der Waals surface area contributed by atoms with Crippen LogP contribution in [0, 0.1) is 13.8 Å². The summed E-state index contributed by atoms with van der Waals surface area (Å²) in [6.07, 6.45) is -3.18. The van der Waals surface area contributed by atoms with E-state index < -0.39 is 12.0 Å². The van der Waals surface area contributed by atoms with Gasteiger partial charge in [0.2, 0.25) is 5.91 Å². The third-order valence-corrected chi connectivity index (χ3v) is 3.92. The molecule has 0 spiro atoms. The summed E-state index contributed by atoms with van der Waals surface area (Å²) in [5.41, 5.74) is 1.77. The predicted molar refractivity (Wildman–Crippen MR) is 81.5 cm³/mol. The maximum absolute atomic E-state index is 12.7. The number of aromatic nitrogens is 4. The van der Waals surface area contributed by atoms with Gasteiger partial charge >= 0.3 is 6.18 Å². The van der Waals surface area contributed by atoms with Crippen LogP contribution in [0.2, 0.25) is 0 Å². The zero-order valence-electron chi connectivity index (χ0n) is 14.0. The van der Waals surface area contributed by atoms with Gasteiger partial charge in [-0.05, 0) is 39.2 Å². The second-order valence-electron chi connectivity index (χ2n) is 5.78. The summed E-state index contributed by atoms with van der Waals surface area (Å²) < 4.78 is 39.3. The van der Waals surface area contributed by atoms with Crippen molar-refractivity contribution in [3.63, 3.8) is 0 Å². The Morgan fingerprint density at radius 2 is 1.96 bits per heavy atom. The van der Waals surface area contributed by atoms with Crippen molar-refractivity contribution in [1.29, 1.82) is 0 Å². The molecule has 0 saturated heterocycles. The third kappa shape index (κ3) is 3.82. The summed E-state index contributed by atoms with van der Waals surface area (Å²) in [4.78, 5) is 19.4. The molecule has 0 fully saturated rings. The molecule has 0 aliphatic rings. The van der Waals surface area contributed by atoms with Crippen molar-refractivity contribution in [1.82, 2.24) is 24.9 Å². The first-order chi connectivity index (χ1) is 11.1. The largest absolute Gasteiger partial charge is 0.453 e. The Morgan fingerprint density at radius 3 is 2.54 bits per heavy atom. The van der Waals surface area contributed by atoms with E-state index in [2.05, 4.69) is 20.4 Å². The second-order valence-corrected chi connectivity index (χ2v) is 5.78. The summed E-state index contributed by atoms with van der Waals surface area (Å²) >= 11 is 0. The highest BCUT2D eigenvalue weighted by molar-refractivity contribution is 5.76. The quantitative estimate of drug-likeness (QED) is 0.906. The maximum Gasteiger partial charge on any atom is 0.453 e. The van der Waals surface area contributed by atoms with E-state index in [0.717, 1.165) is 10.9 Å². The van der Waals surface area contributed by atoms with Crippen LogP contribution in [0.3, 0.4) is 0 Å². The number of hydrogen-bond donors (Lipinski definition) is 1. The van der Waals surface area contributed by atoms with Crippen molar-refractivity contribution in [2.75, 3.05) is 0 Å². The Labute approximate surface area is 137 Å². The Balaban J connectivity index is 2.26. The maximum atomic E-state index is 12.7. The number of aryl methyl sites for hydroxylation is 2. The number of halogens is 3. The fraction of sp³-hybridized carbons (Fsp3) is 0.600. The van der Waals surface area contributed by atoms with E-state index in [0.29, 0.717) is 23.4 Å². The second kappa shape index (κ2) is 6.74. The average molecular weight is 343 g/mol. The molecule has 1 atom stereocenters. The first kappa shape index (κ1) is 18.2. The molecule has 0 aromatic carbocycles. The van der Waals surface area contributed by atoms with Gasteiger partial charge in [0.1, 0.15) is 0 Å². The molecular weight excluding hydrogens is 323 g/mol.